The summed E-state index contributed by atoms with van der Waals surface area (Å²) in [7, 11) is 0. The van der Waals surface area contributed by atoms with E-state index in [1.165, 1.54) is 0 Å². The number of nitrogens with two attached hydrogens (primary N) is 1. The van der Waals surface area contributed by atoms with Gasteiger partial charge >= 0.3 is 0 Å². The molecule has 0 spiro atoms. The minimum Gasteiger partial charge on any atom is -0.386 e. The van der Waals surface area contributed by atoms with E-state index in [1.54, 1.807) is 0 Å². The maximum Gasteiger partial charge on any atom is 0.105 e. The first-order valence-corrected chi connectivity index (χ1v) is 3.23. The molecule has 1 aliphatic heterocycles. The molecule has 2 atom stereocenters. The molecule has 54 valence electrons. The molecule has 9 heavy (non-hydrogen) atoms. The molecule has 1 aliphatic rings. The van der Waals surface area contributed by atoms with E-state index in [9.17, 15) is 5.11 Å². The zero-order valence-electron chi connectivity index (χ0n) is 5.63. The molecule has 1 fully saturated rings. The molecule has 0 saturated carbocycles. The van der Waals surface area contributed by atoms with Gasteiger partial charge < -0.3 is 15.6 Å². The first-order chi connectivity index (χ1) is 4.19. The van der Waals surface area contributed by atoms with Crippen molar-refractivity contribution in [2.24, 2.45) is 5.73 Å². The third kappa shape index (κ3) is 1.08. The topological polar surface area (TPSA) is 55.5 Å². The van der Waals surface area contributed by atoms with Gasteiger partial charge in [-0.25, -0.2) is 0 Å². The minimum atomic E-state index is -0.750. The maximum absolute atomic E-state index is 9.52. The van der Waals surface area contributed by atoms with Crippen molar-refractivity contribution in [3.63, 3.8) is 0 Å². The molecule has 0 aromatic rings. The number of rotatable bonds is 1. The number of aliphatic hydroxyl groups is 1. The fraction of sp³-hybridized carbons (Fsp3) is 1.00. The fourth-order valence-electron chi connectivity index (χ4n) is 1.04. The van der Waals surface area contributed by atoms with E-state index in [4.69, 9.17) is 10.5 Å². The van der Waals surface area contributed by atoms with Crippen molar-refractivity contribution in [2.75, 3.05) is 13.2 Å². The van der Waals surface area contributed by atoms with Gasteiger partial charge in [0, 0.05) is 19.6 Å². The van der Waals surface area contributed by atoms with Gasteiger partial charge in [-0.1, -0.05) is 0 Å². The normalized spacial score (nSPS) is 43.7. The Morgan fingerprint density at radius 1 is 1.89 bits per heavy atom. The summed E-state index contributed by atoms with van der Waals surface area (Å²) in [4.78, 5) is 0. The van der Waals surface area contributed by atoms with Gasteiger partial charge in [0.15, 0.2) is 0 Å². The van der Waals surface area contributed by atoms with E-state index in [0.717, 1.165) is 0 Å². The van der Waals surface area contributed by atoms with Crippen LogP contribution in [0.5, 0.6) is 0 Å². The highest BCUT2D eigenvalue weighted by atomic mass is 16.5. The number of hydrogen-bond donors (Lipinski definition) is 2. The third-order valence-corrected chi connectivity index (χ3v) is 2.01. The predicted octanol–water partition coefficient (Wildman–Crippen LogP) is -0.515. The Labute approximate surface area is 54.8 Å². The fourth-order valence-corrected chi connectivity index (χ4v) is 1.04. The van der Waals surface area contributed by atoms with Crippen LogP contribution in [0.2, 0.25) is 0 Å². The first-order valence-electron chi connectivity index (χ1n) is 3.23. The first kappa shape index (κ1) is 6.99. The van der Waals surface area contributed by atoms with E-state index >= 15 is 0 Å². The molecular formula is C6H13NO2. The van der Waals surface area contributed by atoms with Gasteiger partial charge in [-0.15, -0.1) is 0 Å². The molecule has 0 radical (unpaired) electrons. The van der Waals surface area contributed by atoms with E-state index in [0.29, 0.717) is 19.6 Å². The van der Waals surface area contributed by atoms with Crippen molar-refractivity contribution in [1.82, 2.24) is 0 Å². The number of ether oxygens (including phenoxy) is 1. The van der Waals surface area contributed by atoms with Gasteiger partial charge in [0.25, 0.3) is 0 Å². The van der Waals surface area contributed by atoms with Crippen LogP contribution in [-0.4, -0.2) is 30.0 Å². The summed E-state index contributed by atoms with van der Waals surface area (Å²) < 4.78 is 5.13. The summed E-state index contributed by atoms with van der Waals surface area (Å²) >= 11 is 0. The van der Waals surface area contributed by atoms with Crippen LogP contribution in [0.1, 0.15) is 13.3 Å². The lowest BCUT2D eigenvalue weighted by atomic mass is 9.97. The molecule has 1 saturated heterocycles. The van der Waals surface area contributed by atoms with Crippen LogP contribution in [0, 0.1) is 0 Å². The van der Waals surface area contributed by atoms with Crippen LogP contribution in [0.3, 0.4) is 0 Å². The molecule has 0 aliphatic carbocycles. The second kappa shape index (κ2) is 2.25. The Kier molecular flexibility index (Phi) is 1.75. The van der Waals surface area contributed by atoms with Crippen LogP contribution >= 0.6 is 0 Å². The van der Waals surface area contributed by atoms with Crippen molar-refractivity contribution >= 4 is 0 Å². The van der Waals surface area contributed by atoms with Crippen LogP contribution in [0.25, 0.3) is 0 Å². The summed E-state index contributed by atoms with van der Waals surface area (Å²) in [6.07, 6.45) is 0.576. The lowest BCUT2D eigenvalue weighted by molar-refractivity contribution is -0.0204. The Hall–Kier alpha value is -0.120. The van der Waals surface area contributed by atoms with Gasteiger partial charge in [-0.3, -0.25) is 0 Å². The number of hydrogen-bond acceptors (Lipinski definition) is 3. The molecule has 0 aromatic heterocycles. The molecular weight excluding hydrogens is 118 g/mol. The standard InChI is InChI=1S/C6H13NO2/c1-5-6(8,4-7)2-3-9-5/h5,8H,2-4,7H2,1H3/t5-,6-/m0/s1. The second-order valence-electron chi connectivity index (χ2n) is 2.57. The minimum absolute atomic E-state index is 0.0949. The summed E-state index contributed by atoms with van der Waals surface area (Å²) in [5, 5.41) is 9.52. The summed E-state index contributed by atoms with van der Waals surface area (Å²) in [5.74, 6) is 0. The highest BCUT2D eigenvalue weighted by Gasteiger charge is 2.37. The molecule has 3 heteroatoms. The molecule has 1 heterocycles. The van der Waals surface area contributed by atoms with E-state index in [1.807, 2.05) is 6.92 Å². The monoisotopic (exact) mass is 131 g/mol. The lowest BCUT2D eigenvalue weighted by Gasteiger charge is -2.23. The Morgan fingerprint density at radius 2 is 2.56 bits per heavy atom. The summed E-state index contributed by atoms with van der Waals surface area (Å²) in [6.45, 7) is 2.78. The van der Waals surface area contributed by atoms with Crippen molar-refractivity contribution < 1.29 is 9.84 Å². The zero-order chi connectivity index (χ0) is 6.91. The van der Waals surface area contributed by atoms with Crippen LogP contribution < -0.4 is 5.73 Å². The van der Waals surface area contributed by atoms with Crippen molar-refractivity contribution in [2.45, 2.75) is 25.0 Å². The average Bonchev–Trinajstić information content (AvgIpc) is 2.15. The van der Waals surface area contributed by atoms with Gasteiger partial charge in [0.2, 0.25) is 0 Å². The molecule has 1 rings (SSSR count). The maximum atomic E-state index is 9.52. The highest BCUT2D eigenvalue weighted by molar-refractivity contribution is 4.90. The zero-order valence-corrected chi connectivity index (χ0v) is 5.63. The van der Waals surface area contributed by atoms with Gasteiger partial charge in [0.05, 0.1) is 6.10 Å². The average molecular weight is 131 g/mol. The molecule has 3 N–H and O–H groups in total. The largest absolute Gasteiger partial charge is 0.386 e. The quantitative estimate of drug-likeness (QED) is 0.503. The molecule has 0 amide bonds. The van der Waals surface area contributed by atoms with Gasteiger partial charge in [-0.2, -0.15) is 0 Å². The third-order valence-electron chi connectivity index (χ3n) is 2.01. The van der Waals surface area contributed by atoms with Crippen LogP contribution in [-0.2, 0) is 4.74 Å². The Balaban J connectivity index is 2.56. The highest BCUT2D eigenvalue weighted by Crippen LogP contribution is 2.23. The van der Waals surface area contributed by atoms with Crippen molar-refractivity contribution in [3.05, 3.63) is 0 Å². The Morgan fingerprint density at radius 3 is 2.78 bits per heavy atom. The predicted molar refractivity (Wildman–Crippen MR) is 34.0 cm³/mol. The van der Waals surface area contributed by atoms with Crippen LogP contribution in [0.4, 0.5) is 0 Å². The van der Waals surface area contributed by atoms with Crippen molar-refractivity contribution in [3.8, 4) is 0 Å². The molecule has 0 bridgehead atoms. The molecule has 0 unspecified atom stereocenters. The van der Waals surface area contributed by atoms with E-state index < -0.39 is 5.60 Å². The molecule has 3 nitrogen and oxygen atoms in total. The van der Waals surface area contributed by atoms with Gasteiger partial charge in [-0.05, 0) is 6.92 Å². The second-order valence-corrected chi connectivity index (χ2v) is 2.57. The van der Waals surface area contributed by atoms with Crippen molar-refractivity contribution in [1.29, 1.82) is 0 Å². The van der Waals surface area contributed by atoms with E-state index in [-0.39, 0.29) is 6.10 Å². The Bertz CT molecular complexity index is 107. The van der Waals surface area contributed by atoms with Crippen LogP contribution in [0.15, 0.2) is 0 Å². The van der Waals surface area contributed by atoms with Gasteiger partial charge in [0.1, 0.15) is 5.60 Å². The van der Waals surface area contributed by atoms with E-state index in [2.05, 4.69) is 0 Å². The molecule has 0 aromatic carbocycles. The SMILES string of the molecule is C[C@@H]1OCC[C@]1(O)CN. The summed E-state index contributed by atoms with van der Waals surface area (Å²) in [6, 6.07) is 0. The summed E-state index contributed by atoms with van der Waals surface area (Å²) in [5.41, 5.74) is 4.58. The smallest absolute Gasteiger partial charge is 0.105 e. The lowest BCUT2D eigenvalue weighted by Crippen LogP contribution is -2.43.